The Kier molecular flexibility index (Phi) is 8.47. The van der Waals surface area contributed by atoms with Crippen LogP contribution in [0, 0.1) is 6.92 Å². The van der Waals surface area contributed by atoms with Crippen LogP contribution in [0.4, 0.5) is 0 Å². The summed E-state index contributed by atoms with van der Waals surface area (Å²) >= 11 is 0. The second kappa shape index (κ2) is 12.5. The van der Waals surface area contributed by atoms with Crippen LogP contribution in [0.2, 0.25) is 0 Å². The van der Waals surface area contributed by atoms with Crippen molar-refractivity contribution in [3.63, 3.8) is 0 Å². The van der Waals surface area contributed by atoms with E-state index >= 15 is 0 Å². The van der Waals surface area contributed by atoms with Gasteiger partial charge in [-0.1, -0.05) is 109 Å². The molecule has 5 aromatic carbocycles. The SMILES string of the molecule is Cc1cc(COC(OC(O)c2cccc(-c3ccccc3)c2)c2ccccc2-c2ccccc2)cc(C(N)=O)c1. The number of hydrogen-bond acceptors (Lipinski definition) is 4. The zero-order valence-corrected chi connectivity index (χ0v) is 22.2. The smallest absolute Gasteiger partial charge is 0.248 e. The molecule has 0 heterocycles. The van der Waals surface area contributed by atoms with Crippen molar-refractivity contribution in [1.82, 2.24) is 0 Å². The summed E-state index contributed by atoms with van der Waals surface area (Å²) in [7, 11) is 0. The largest absolute Gasteiger partial charge is 0.366 e. The van der Waals surface area contributed by atoms with E-state index in [0.29, 0.717) is 11.1 Å². The van der Waals surface area contributed by atoms with Gasteiger partial charge >= 0.3 is 0 Å². The van der Waals surface area contributed by atoms with E-state index < -0.39 is 18.5 Å². The molecule has 40 heavy (non-hydrogen) atoms. The standard InChI is InChI=1S/C35H31NO4/c1-24-19-25(21-30(20-24)33(36)37)23-39-35(32-18-9-8-17-31(32)27-13-6-3-7-14-27)40-34(38)29-16-10-15-28(22-29)26-11-4-2-5-12-26/h2-22,34-35,38H,23H2,1H3,(H2,36,37). The first kappa shape index (κ1) is 27.0. The van der Waals surface area contributed by atoms with E-state index in [-0.39, 0.29) is 6.61 Å². The van der Waals surface area contributed by atoms with Crippen molar-refractivity contribution in [2.45, 2.75) is 26.1 Å². The quantitative estimate of drug-likeness (QED) is 0.185. The number of aliphatic hydroxyl groups is 1. The van der Waals surface area contributed by atoms with Crippen LogP contribution in [0.5, 0.6) is 0 Å². The van der Waals surface area contributed by atoms with Crippen LogP contribution >= 0.6 is 0 Å². The van der Waals surface area contributed by atoms with E-state index in [1.165, 1.54) is 0 Å². The van der Waals surface area contributed by atoms with Gasteiger partial charge in [0.15, 0.2) is 12.6 Å². The van der Waals surface area contributed by atoms with Crippen LogP contribution in [-0.4, -0.2) is 11.0 Å². The van der Waals surface area contributed by atoms with E-state index in [9.17, 15) is 9.90 Å². The Balaban J connectivity index is 1.47. The zero-order chi connectivity index (χ0) is 27.9. The van der Waals surface area contributed by atoms with Gasteiger partial charge in [0.2, 0.25) is 5.91 Å². The number of carbonyl (C=O) groups is 1. The predicted octanol–water partition coefficient (Wildman–Crippen LogP) is 7.35. The summed E-state index contributed by atoms with van der Waals surface area (Å²) in [6.45, 7) is 2.05. The van der Waals surface area contributed by atoms with Crippen molar-refractivity contribution in [1.29, 1.82) is 0 Å². The molecule has 5 heteroatoms. The van der Waals surface area contributed by atoms with E-state index in [2.05, 4.69) is 0 Å². The highest BCUT2D eigenvalue weighted by Gasteiger charge is 2.23. The molecule has 0 spiro atoms. The molecular weight excluding hydrogens is 498 g/mol. The van der Waals surface area contributed by atoms with Crippen molar-refractivity contribution < 1.29 is 19.4 Å². The first-order valence-corrected chi connectivity index (χ1v) is 13.1. The van der Waals surface area contributed by atoms with Crippen molar-refractivity contribution >= 4 is 5.91 Å². The van der Waals surface area contributed by atoms with Crippen LogP contribution in [-0.2, 0) is 16.1 Å². The number of nitrogens with two attached hydrogens (primary N) is 1. The fraction of sp³-hybridized carbons (Fsp3) is 0.114. The fourth-order valence-electron chi connectivity index (χ4n) is 4.74. The molecule has 2 unspecified atom stereocenters. The molecule has 0 fully saturated rings. The second-order valence-corrected chi connectivity index (χ2v) is 9.65. The second-order valence-electron chi connectivity index (χ2n) is 9.65. The lowest BCUT2D eigenvalue weighted by atomic mass is 9.99. The minimum absolute atomic E-state index is 0.145. The molecule has 0 bridgehead atoms. The molecule has 0 saturated heterocycles. The lowest BCUT2D eigenvalue weighted by molar-refractivity contribution is -0.241. The van der Waals surface area contributed by atoms with Gasteiger partial charge < -0.3 is 20.3 Å². The number of amides is 1. The maximum absolute atomic E-state index is 11.8. The van der Waals surface area contributed by atoms with E-state index in [1.54, 1.807) is 12.1 Å². The normalized spacial score (nSPS) is 12.6. The molecule has 5 rings (SSSR count). The van der Waals surface area contributed by atoms with Gasteiger partial charge in [-0.05, 0) is 58.5 Å². The van der Waals surface area contributed by atoms with Crippen LogP contribution in [0.3, 0.4) is 0 Å². The number of rotatable bonds is 10. The Labute approximate surface area is 234 Å². The van der Waals surface area contributed by atoms with E-state index in [1.807, 2.05) is 122 Å². The molecule has 0 saturated carbocycles. The number of primary amides is 1. The fourth-order valence-corrected chi connectivity index (χ4v) is 4.74. The summed E-state index contributed by atoms with van der Waals surface area (Å²) in [5, 5.41) is 11.3. The summed E-state index contributed by atoms with van der Waals surface area (Å²) < 4.78 is 12.6. The van der Waals surface area contributed by atoms with E-state index in [0.717, 1.165) is 38.9 Å². The van der Waals surface area contributed by atoms with Crippen LogP contribution in [0.25, 0.3) is 22.3 Å². The molecule has 0 aromatic heterocycles. The highest BCUT2D eigenvalue weighted by molar-refractivity contribution is 5.93. The average Bonchev–Trinajstić information content (AvgIpc) is 3.00. The van der Waals surface area contributed by atoms with Gasteiger partial charge in [-0.2, -0.15) is 0 Å². The Morgan fingerprint density at radius 3 is 2.12 bits per heavy atom. The third kappa shape index (κ3) is 6.53. The van der Waals surface area contributed by atoms with Gasteiger partial charge in [0.05, 0.1) is 6.61 Å². The molecule has 5 nitrogen and oxygen atoms in total. The van der Waals surface area contributed by atoms with Gasteiger partial charge in [0.1, 0.15) is 0 Å². The van der Waals surface area contributed by atoms with Crippen LogP contribution in [0.15, 0.2) is 127 Å². The Hall–Kier alpha value is -4.55. The van der Waals surface area contributed by atoms with Gasteiger partial charge in [-0.25, -0.2) is 0 Å². The zero-order valence-electron chi connectivity index (χ0n) is 22.2. The van der Waals surface area contributed by atoms with Crippen molar-refractivity contribution in [3.8, 4) is 22.3 Å². The monoisotopic (exact) mass is 529 g/mol. The van der Waals surface area contributed by atoms with E-state index in [4.69, 9.17) is 15.2 Å². The third-order valence-electron chi connectivity index (χ3n) is 6.65. The van der Waals surface area contributed by atoms with Gasteiger partial charge in [0.25, 0.3) is 0 Å². The highest BCUT2D eigenvalue weighted by atomic mass is 16.7. The van der Waals surface area contributed by atoms with Gasteiger partial charge in [-0.3, -0.25) is 4.79 Å². The Morgan fingerprint density at radius 2 is 1.40 bits per heavy atom. The topological polar surface area (TPSA) is 81.8 Å². The molecule has 0 radical (unpaired) electrons. The number of benzene rings is 5. The van der Waals surface area contributed by atoms with Crippen molar-refractivity contribution in [2.24, 2.45) is 5.73 Å². The van der Waals surface area contributed by atoms with Gasteiger partial charge in [-0.15, -0.1) is 0 Å². The average molecular weight is 530 g/mol. The minimum Gasteiger partial charge on any atom is -0.366 e. The predicted molar refractivity (Wildman–Crippen MR) is 157 cm³/mol. The summed E-state index contributed by atoms with van der Waals surface area (Å²) in [5.41, 5.74) is 13.0. The number of ether oxygens (including phenoxy) is 2. The number of aliphatic hydroxyl groups excluding tert-OH is 1. The number of aryl methyl sites for hydroxylation is 1. The molecule has 0 aliphatic heterocycles. The first-order chi connectivity index (χ1) is 19.5. The van der Waals surface area contributed by atoms with Crippen molar-refractivity contribution in [2.75, 3.05) is 0 Å². The molecule has 200 valence electrons. The molecule has 2 atom stereocenters. The highest BCUT2D eigenvalue weighted by Crippen LogP contribution is 2.35. The van der Waals surface area contributed by atoms with Crippen molar-refractivity contribution in [3.05, 3.63) is 155 Å². The molecule has 5 aromatic rings. The maximum Gasteiger partial charge on any atom is 0.248 e. The molecule has 0 aliphatic carbocycles. The van der Waals surface area contributed by atoms with Gasteiger partial charge in [0, 0.05) is 16.7 Å². The lowest BCUT2D eigenvalue weighted by Gasteiger charge is -2.25. The lowest BCUT2D eigenvalue weighted by Crippen LogP contribution is -2.15. The molecule has 0 aliphatic rings. The first-order valence-electron chi connectivity index (χ1n) is 13.1. The summed E-state index contributed by atoms with van der Waals surface area (Å²) in [6.07, 6.45) is -2.17. The third-order valence-corrected chi connectivity index (χ3v) is 6.65. The summed E-state index contributed by atoms with van der Waals surface area (Å²) in [5.74, 6) is -0.499. The molecular formula is C35H31NO4. The maximum atomic E-state index is 11.8. The molecule has 3 N–H and O–H groups in total. The molecule has 1 amide bonds. The number of hydrogen-bond donors (Lipinski definition) is 2. The summed E-state index contributed by atoms with van der Waals surface area (Å²) in [4.78, 5) is 11.8. The van der Waals surface area contributed by atoms with Crippen LogP contribution < -0.4 is 5.73 Å². The minimum atomic E-state index is -1.25. The van der Waals surface area contributed by atoms with Crippen LogP contribution in [0.1, 0.15) is 45.2 Å². The number of carbonyl (C=O) groups excluding carboxylic acids is 1. The Morgan fingerprint density at radius 1 is 0.750 bits per heavy atom. The Bertz CT molecular complexity index is 1580. The summed E-state index contributed by atoms with van der Waals surface area (Å²) in [6, 6.07) is 40.8.